The molecule has 0 radical (unpaired) electrons. The average Bonchev–Trinajstić information content (AvgIpc) is 2.87. The van der Waals surface area contributed by atoms with E-state index in [1.807, 2.05) is 0 Å². The van der Waals surface area contributed by atoms with Gasteiger partial charge >= 0.3 is 0 Å². The molecule has 18 heavy (non-hydrogen) atoms. The number of morpholine rings is 1. The summed E-state index contributed by atoms with van der Waals surface area (Å²) in [5.74, 6) is 0. The SMILES string of the molecule is CCC1(CNC(C)CC2COCCN2)CCCC1. The van der Waals surface area contributed by atoms with Crippen LogP contribution in [0.3, 0.4) is 0 Å². The van der Waals surface area contributed by atoms with Crippen LogP contribution in [0, 0.1) is 5.41 Å². The van der Waals surface area contributed by atoms with E-state index in [0.717, 1.165) is 19.8 Å². The molecule has 1 aliphatic carbocycles. The highest BCUT2D eigenvalue weighted by molar-refractivity contribution is 4.87. The predicted molar refractivity (Wildman–Crippen MR) is 75.9 cm³/mol. The number of hydrogen-bond donors (Lipinski definition) is 2. The first-order valence-electron chi connectivity index (χ1n) is 7.79. The summed E-state index contributed by atoms with van der Waals surface area (Å²) in [6.45, 7) is 8.64. The highest BCUT2D eigenvalue weighted by Crippen LogP contribution is 2.40. The normalized spacial score (nSPS) is 29.3. The van der Waals surface area contributed by atoms with Crippen LogP contribution >= 0.6 is 0 Å². The van der Waals surface area contributed by atoms with Crippen LogP contribution in [0.2, 0.25) is 0 Å². The van der Waals surface area contributed by atoms with Crippen molar-refractivity contribution in [1.29, 1.82) is 0 Å². The Bertz CT molecular complexity index is 233. The summed E-state index contributed by atoms with van der Waals surface area (Å²) in [4.78, 5) is 0. The van der Waals surface area contributed by atoms with E-state index >= 15 is 0 Å². The molecule has 1 aliphatic heterocycles. The van der Waals surface area contributed by atoms with Gasteiger partial charge in [0.2, 0.25) is 0 Å². The lowest BCUT2D eigenvalue weighted by Gasteiger charge is -2.31. The van der Waals surface area contributed by atoms with Crippen LogP contribution in [0.15, 0.2) is 0 Å². The monoisotopic (exact) mass is 254 g/mol. The molecular formula is C15H30N2O. The smallest absolute Gasteiger partial charge is 0.0620 e. The van der Waals surface area contributed by atoms with Crippen LogP contribution in [0.1, 0.15) is 52.4 Å². The molecule has 0 spiro atoms. The molecule has 2 fully saturated rings. The van der Waals surface area contributed by atoms with Gasteiger partial charge in [0.1, 0.15) is 0 Å². The molecule has 2 N–H and O–H groups in total. The summed E-state index contributed by atoms with van der Waals surface area (Å²) in [5.41, 5.74) is 0.602. The zero-order valence-corrected chi connectivity index (χ0v) is 12.1. The Hall–Kier alpha value is -0.120. The topological polar surface area (TPSA) is 33.3 Å². The van der Waals surface area contributed by atoms with Crippen molar-refractivity contribution in [2.75, 3.05) is 26.3 Å². The van der Waals surface area contributed by atoms with Gasteiger partial charge in [0, 0.05) is 25.2 Å². The standard InChI is InChI=1S/C15H30N2O/c1-3-15(6-4-5-7-15)12-17-13(2)10-14-11-18-9-8-16-14/h13-14,16-17H,3-12H2,1-2H3. The highest BCUT2D eigenvalue weighted by Gasteiger charge is 2.32. The van der Waals surface area contributed by atoms with Crippen molar-refractivity contribution in [2.45, 2.75) is 64.5 Å². The van der Waals surface area contributed by atoms with Gasteiger partial charge in [-0.1, -0.05) is 19.8 Å². The summed E-state index contributed by atoms with van der Waals surface area (Å²) in [6, 6.07) is 1.13. The Morgan fingerprint density at radius 2 is 2.17 bits per heavy atom. The van der Waals surface area contributed by atoms with E-state index in [1.54, 1.807) is 0 Å². The van der Waals surface area contributed by atoms with E-state index in [2.05, 4.69) is 24.5 Å². The molecule has 2 rings (SSSR count). The number of ether oxygens (including phenoxy) is 1. The Balaban J connectivity index is 1.68. The Morgan fingerprint density at radius 1 is 1.39 bits per heavy atom. The summed E-state index contributed by atoms with van der Waals surface area (Å²) in [6.07, 6.45) is 8.23. The first kappa shape index (κ1) is 14.3. The Morgan fingerprint density at radius 3 is 2.78 bits per heavy atom. The van der Waals surface area contributed by atoms with E-state index in [-0.39, 0.29) is 0 Å². The minimum Gasteiger partial charge on any atom is -0.379 e. The minimum atomic E-state index is 0.544. The minimum absolute atomic E-state index is 0.544. The van der Waals surface area contributed by atoms with E-state index in [4.69, 9.17) is 4.74 Å². The predicted octanol–water partition coefficient (Wildman–Crippen LogP) is 2.31. The zero-order chi connectivity index (χ0) is 12.8. The van der Waals surface area contributed by atoms with Gasteiger partial charge in [-0.15, -0.1) is 0 Å². The molecule has 0 amide bonds. The lowest BCUT2D eigenvalue weighted by Crippen LogP contribution is -2.46. The fourth-order valence-corrected chi connectivity index (χ4v) is 3.45. The maximum Gasteiger partial charge on any atom is 0.0620 e. The van der Waals surface area contributed by atoms with Gasteiger partial charge < -0.3 is 15.4 Å². The second-order valence-electron chi connectivity index (χ2n) is 6.30. The largest absolute Gasteiger partial charge is 0.379 e. The fraction of sp³-hybridized carbons (Fsp3) is 1.00. The second-order valence-corrected chi connectivity index (χ2v) is 6.30. The Labute approximate surface area is 112 Å². The molecule has 0 aromatic rings. The van der Waals surface area contributed by atoms with Crippen LogP contribution in [0.25, 0.3) is 0 Å². The second kappa shape index (κ2) is 6.88. The summed E-state index contributed by atoms with van der Waals surface area (Å²) in [5, 5.41) is 7.30. The first-order valence-corrected chi connectivity index (χ1v) is 7.79. The van der Waals surface area contributed by atoms with Crippen molar-refractivity contribution in [3.05, 3.63) is 0 Å². The van der Waals surface area contributed by atoms with Gasteiger partial charge in [0.05, 0.1) is 13.2 Å². The van der Waals surface area contributed by atoms with E-state index in [9.17, 15) is 0 Å². The maximum atomic E-state index is 5.51. The van der Waals surface area contributed by atoms with Gasteiger partial charge in [-0.05, 0) is 38.0 Å². The molecule has 3 heteroatoms. The van der Waals surface area contributed by atoms with Crippen molar-refractivity contribution in [3.8, 4) is 0 Å². The molecule has 3 nitrogen and oxygen atoms in total. The molecule has 1 saturated carbocycles. The third-order valence-corrected chi connectivity index (χ3v) is 4.88. The lowest BCUT2D eigenvalue weighted by atomic mass is 9.83. The van der Waals surface area contributed by atoms with Crippen LogP contribution in [-0.2, 0) is 4.74 Å². The summed E-state index contributed by atoms with van der Waals surface area (Å²) < 4.78 is 5.51. The zero-order valence-electron chi connectivity index (χ0n) is 12.1. The van der Waals surface area contributed by atoms with E-state index in [1.165, 1.54) is 45.1 Å². The summed E-state index contributed by atoms with van der Waals surface area (Å²) in [7, 11) is 0. The van der Waals surface area contributed by atoms with Gasteiger partial charge in [-0.3, -0.25) is 0 Å². The highest BCUT2D eigenvalue weighted by atomic mass is 16.5. The van der Waals surface area contributed by atoms with Gasteiger partial charge in [0.25, 0.3) is 0 Å². The van der Waals surface area contributed by atoms with Crippen molar-refractivity contribution >= 4 is 0 Å². The van der Waals surface area contributed by atoms with Crippen molar-refractivity contribution in [1.82, 2.24) is 10.6 Å². The maximum absolute atomic E-state index is 5.51. The molecule has 1 saturated heterocycles. The Kier molecular flexibility index (Phi) is 5.46. The van der Waals surface area contributed by atoms with Gasteiger partial charge in [-0.2, -0.15) is 0 Å². The third kappa shape index (κ3) is 3.94. The molecule has 2 atom stereocenters. The molecule has 2 unspecified atom stereocenters. The van der Waals surface area contributed by atoms with E-state index < -0.39 is 0 Å². The van der Waals surface area contributed by atoms with Crippen molar-refractivity contribution in [2.24, 2.45) is 5.41 Å². The van der Waals surface area contributed by atoms with Crippen LogP contribution in [0.4, 0.5) is 0 Å². The molecule has 0 bridgehead atoms. The molecule has 106 valence electrons. The van der Waals surface area contributed by atoms with Crippen LogP contribution in [0.5, 0.6) is 0 Å². The quantitative estimate of drug-likeness (QED) is 0.763. The number of nitrogens with one attached hydrogen (secondary N) is 2. The molecule has 0 aromatic heterocycles. The van der Waals surface area contributed by atoms with Crippen LogP contribution < -0.4 is 10.6 Å². The van der Waals surface area contributed by atoms with Crippen LogP contribution in [-0.4, -0.2) is 38.4 Å². The molecule has 2 aliphatic rings. The van der Waals surface area contributed by atoms with Crippen molar-refractivity contribution < 1.29 is 4.74 Å². The lowest BCUT2D eigenvalue weighted by molar-refractivity contribution is 0.0706. The third-order valence-electron chi connectivity index (χ3n) is 4.88. The number of hydrogen-bond acceptors (Lipinski definition) is 3. The molecule has 1 heterocycles. The fourth-order valence-electron chi connectivity index (χ4n) is 3.45. The van der Waals surface area contributed by atoms with Crippen molar-refractivity contribution in [3.63, 3.8) is 0 Å². The number of rotatable bonds is 6. The molecule has 0 aromatic carbocycles. The molecular weight excluding hydrogens is 224 g/mol. The van der Waals surface area contributed by atoms with Gasteiger partial charge in [0.15, 0.2) is 0 Å². The van der Waals surface area contributed by atoms with E-state index in [0.29, 0.717) is 17.5 Å². The average molecular weight is 254 g/mol. The first-order chi connectivity index (χ1) is 8.74. The summed E-state index contributed by atoms with van der Waals surface area (Å²) >= 11 is 0. The van der Waals surface area contributed by atoms with Gasteiger partial charge in [-0.25, -0.2) is 0 Å².